The number of hydrogen-bond acceptors (Lipinski definition) is 7. The molecular formula is C25H26N2O7S. The van der Waals surface area contributed by atoms with E-state index in [1.807, 2.05) is 0 Å². The number of aromatic amines is 1. The number of Topliss-reactive ketones (excluding diaryl/α,β-unsaturated/α-hetero) is 1. The average molecular weight is 499 g/mol. The number of rotatable bonds is 9. The summed E-state index contributed by atoms with van der Waals surface area (Å²) in [5.74, 6) is -2.01. The summed E-state index contributed by atoms with van der Waals surface area (Å²) in [6.45, 7) is 6.27. The summed E-state index contributed by atoms with van der Waals surface area (Å²) < 4.78 is 38.0. The van der Waals surface area contributed by atoms with Gasteiger partial charge in [0.1, 0.15) is 0 Å². The first-order chi connectivity index (χ1) is 16.5. The maximum atomic E-state index is 12.7. The summed E-state index contributed by atoms with van der Waals surface area (Å²) in [5, 5.41) is 0. The second-order valence-corrected chi connectivity index (χ2v) is 9.47. The number of nitrogens with one attached hydrogen (secondary N) is 2. The zero-order valence-electron chi connectivity index (χ0n) is 19.8. The number of aromatic nitrogens is 1. The SMILES string of the molecule is CCOC(=O)c1c(C)[nH]c(C)c1C(=O)COC(=O)c1ccc(S(=O)(=O)Nc2ccccc2C)cc1. The van der Waals surface area contributed by atoms with Crippen molar-refractivity contribution < 1.29 is 32.3 Å². The quantitative estimate of drug-likeness (QED) is 0.337. The Balaban J connectivity index is 1.69. The maximum Gasteiger partial charge on any atom is 0.340 e. The number of ketones is 1. The number of carbonyl (C=O) groups excluding carboxylic acids is 3. The largest absolute Gasteiger partial charge is 0.462 e. The van der Waals surface area contributed by atoms with Gasteiger partial charge in [-0.3, -0.25) is 9.52 Å². The summed E-state index contributed by atoms with van der Waals surface area (Å²) in [4.78, 5) is 40.3. The number of anilines is 1. The molecule has 0 unspecified atom stereocenters. The van der Waals surface area contributed by atoms with Crippen molar-refractivity contribution in [2.45, 2.75) is 32.6 Å². The van der Waals surface area contributed by atoms with E-state index in [1.165, 1.54) is 24.3 Å². The van der Waals surface area contributed by atoms with Crippen molar-refractivity contribution >= 4 is 33.4 Å². The number of H-pyrrole nitrogens is 1. The summed E-state index contributed by atoms with van der Waals surface area (Å²) in [6.07, 6.45) is 0. The Morgan fingerprint density at radius 2 is 1.49 bits per heavy atom. The highest BCUT2D eigenvalue weighted by Crippen LogP contribution is 2.22. The molecular weight excluding hydrogens is 472 g/mol. The smallest absolute Gasteiger partial charge is 0.340 e. The van der Waals surface area contributed by atoms with Crippen LogP contribution in [0.3, 0.4) is 0 Å². The first-order valence-electron chi connectivity index (χ1n) is 10.8. The summed E-state index contributed by atoms with van der Waals surface area (Å²) in [6, 6.07) is 12.1. The van der Waals surface area contributed by atoms with Gasteiger partial charge in [0.2, 0.25) is 5.78 Å². The van der Waals surface area contributed by atoms with Gasteiger partial charge in [-0.05, 0) is 63.6 Å². The molecule has 0 bridgehead atoms. The van der Waals surface area contributed by atoms with Crippen LogP contribution in [0, 0.1) is 20.8 Å². The molecule has 0 radical (unpaired) electrons. The third-order valence-electron chi connectivity index (χ3n) is 5.26. The van der Waals surface area contributed by atoms with Crippen molar-refractivity contribution in [1.82, 2.24) is 4.98 Å². The topological polar surface area (TPSA) is 132 Å². The predicted octanol–water partition coefficient (Wildman–Crippen LogP) is 3.96. The summed E-state index contributed by atoms with van der Waals surface area (Å²) >= 11 is 0. The van der Waals surface area contributed by atoms with E-state index < -0.39 is 34.4 Å². The number of sulfonamides is 1. The van der Waals surface area contributed by atoms with Crippen LogP contribution >= 0.6 is 0 Å². The van der Waals surface area contributed by atoms with E-state index in [0.717, 1.165) is 5.56 Å². The molecule has 2 aromatic carbocycles. The maximum absolute atomic E-state index is 12.7. The standard InChI is InChI=1S/C25H26N2O7S/c1-5-33-25(30)23-17(4)26-16(3)22(23)21(28)14-34-24(29)18-10-12-19(13-11-18)35(31,32)27-20-9-7-6-8-15(20)2/h6-13,26-27H,5,14H2,1-4H3. The molecule has 184 valence electrons. The molecule has 0 aliphatic carbocycles. The fourth-order valence-corrected chi connectivity index (χ4v) is 4.67. The van der Waals surface area contributed by atoms with Crippen LogP contribution in [0.5, 0.6) is 0 Å². The lowest BCUT2D eigenvalue weighted by molar-refractivity contribution is 0.0472. The Bertz CT molecular complexity index is 1370. The lowest BCUT2D eigenvalue weighted by Crippen LogP contribution is -2.18. The molecule has 0 aliphatic heterocycles. The number of carbonyl (C=O) groups is 3. The molecule has 9 nitrogen and oxygen atoms in total. The third-order valence-corrected chi connectivity index (χ3v) is 6.64. The molecule has 3 aromatic rings. The first-order valence-corrected chi connectivity index (χ1v) is 12.3. The van der Waals surface area contributed by atoms with Gasteiger partial charge >= 0.3 is 11.9 Å². The lowest BCUT2D eigenvalue weighted by atomic mass is 10.1. The highest BCUT2D eigenvalue weighted by Gasteiger charge is 2.26. The minimum absolute atomic E-state index is 0.0362. The Kier molecular flexibility index (Phi) is 7.75. The normalized spacial score (nSPS) is 11.1. The number of esters is 2. The molecule has 1 heterocycles. The highest BCUT2D eigenvalue weighted by atomic mass is 32.2. The second kappa shape index (κ2) is 10.6. The van der Waals surface area contributed by atoms with Crippen LogP contribution in [0.15, 0.2) is 53.4 Å². The zero-order chi connectivity index (χ0) is 25.8. The molecule has 10 heteroatoms. The molecule has 0 saturated carbocycles. The molecule has 3 rings (SSSR count). The fourth-order valence-electron chi connectivity index (χ4n) is 3.54. The lowest BCUT2D eigenvalue weighted by Gasteiger charge is -2.11. The van der Waals surface area contributed by atoms with Crippen LogP contribution in [0.2, 0.25) is 0 Å². The molecule has 0 amide bonds. The van der Waals surface area contributed by atoms with Crippen LogP contribution in [0.4, 0.5) is 5.69 Å². The number of para-hydroxylation sites is 1. The van der Waals surface area contributed by atoms with Crippen LogP contribution < -0.4 is 4.72 Å². The van der Waals surface area contributed by atoms with Crippen molar-refractivity contribution in [1.29, 1.82) is 0 Å². The highest BCUT2D eigenvalue weighted by molar-refractivity contribution is 7.92. The molecule has 0 saturated heterocycles. The van der Waals surface area contributed by atoms with Gasteiger partial charge in [-0.25, -0.2) is 18.0 Å². The Hall–Kier alpha value is -3.92. The van der Waals surface area contributed by atoms with Gasteiger partial charge in [-0.1, -0.05) is 18.2 Å². The molecule has 0 spiro atoms. The van der Waals surface area contributed by atoms with Gasteiger partial charge in [-0.2, -0.15) is 0 Å². The van der Waals surface area contributed by atoms with Gasteiger partial charge in [0.15, 0.2) is 6.61 Å². The van der Waals surface area contributed by atoms with Crippen molar-refractivity contribution in [3.8, 4) is 0 Å². The van der Waals surface area contributed by atoms with Crippen molar-refractivity contribution in [2.75, 3.05) is 17.9 Å². The van der Waals surface area contributed by atoms with Crippen LogP contribution in [-0.2, 0) is 19.5 Å². The number of benzene rings is 2. The van der Waals surface area contributed by atoms with Gasteiger partial charge in [0.25, 0.3) is 10.0 Å². The van der Waals surface area contributed by atoms with E-state index in [4.69, 9.17) is 9.47 Å². The van der Waals surface area contributed by atoms with Crippen molar-refractivity contribution in [3.63, 3.8) is 0 Å². The average Bonchev–Trinajstić information content (AvgIpc) is 3.12. The van der Waals surface area contributed by atoms with E-state index in [-0.39, 0.29) is 28.2 Å². The van der Waals surface area contributed by atoms with Crippen molar-refractivity contribution in [2.24, 2.45) is 0 Å². The minimum Gasteiger partial charge on any atom is -0.462 e. The Morgan fingerprint density at radius 1 is 0.857 bits per heavy atom. The zero-order valence-corrected chi connectivity index (χ0v) is 20.6. The third kappa shape index (κ3) is 5.78. The Morgan fingerprint density at radius 3 is 2.11 bits per heavy atom. The molecule has 0 aliphatic rings. The molecule has 2 N–H and O–H groups in total. The van der Waals surface area contributed by atoms with E-state index in [2.05, 4.69) is 9.71 Å². The summed E-state index contributed by atoms with van der Waals surface area (Å²) in [5.41, 5.74) is 2.44. The van der Waals surface area contributed by atoms with Crippen LogP contribution in [0.1, 0.15) is 54.9 Å². The van der Waals surface area contributed by atoms with Gasteiger partial charge in [0.05, 0.1) is 33.9 Å². The molecule has 1 aromatic heterocycles. The number of ether oxygens (including phenoxy) is 2. The van der Waals surface area contributed by atoms with E-state index in [1.54, 1.807) is 52.0 Å². The summed E-state index contributed by atoms with van der Waals surface area (Å²) in [7, 11) is -3.86. The van der Waals surface area contributed by atoms with Gasteiger partial charge in [-0.15, -0.1) is 0 Å². The molecule has 0 fully saturated rings. The second-order valence-electron chi connectivity index (χ2n) is 7.79. The minimum atomic E-state index is -3.86. The monoisotopic (exact) mass is 498 g/mol. The molecule has 0 atom stereocenters. The predicted molar refractivity (Wildman–Crippen MR) is 129 cm³/mol. The van der Waals surface area contributed by atoms with Crippen LogP contribution in [-0.4, -0.2) is 44.3 Å². The molecule has 35 heavy (non-hydrogen) atoms. The number of aryl methyl sites for hydroxylation is 3. The van der Waals surface area contributed by atoms with Crippen molar-refractivity contribution in [3.05, 3.63) is 82.2 Å². The number of hydrogen-bond donors (Lipinski definition) is 2. The van der Waals surface area contributed by atoms with Gasteiger partial charge in [0, 0.05) is 11.4 Å². The van der Waals surface area contributed by atoms with E-state index in [0.29, 0.717) is 17.1 Å². The Labute approximate surface area is 203 Å². The van der Waals surface area contributed by atoms with Gasteiger partial charge < -0.3 is 14.5 Å². The fraction of sp³-hybridized carbons (Fsp3) is 0.240. The van der Waals surface area contributed by atoms with E-state index in [9.17, 15) is 22.8 Å². The first kappa shape index (κ1) is 25.7. The van der Waals surface area contributed by atoms with E-state index >= 15 is 0 Å². The van der Waals surface area contributed by atoms with Crippen LogP contribution in [0.25, 0.3) is 0 Å².